The zero-order chi connectivity index (χ0) is 13.2. The van der Waals surface area contributed by atoms with Crippen molar-refractivity contribution >= 4 is 0 Å². The van der Waals surface area contributed by atoms with Crippen molar-refractivity contribution in [1.29, 1.82) is 0 Å². The van der Waals surface area contributed by atoms with Gasteiger partial charge in [0, 0.05) is 12.6 Å². The van der Waals surface area contributed by atoms with Crippen molar-refractivity contribution in [3.63, 3.8) is 0 Å². The van der Waals surface area contributed by atoms with Gasteiger partial charge in [0.15, 0.2) is 0 Å². The molecule has 0 saturated carbocycles. The number of rotatable bonds is 9. The standard InChI is InChI=1S/C16H33NO/c1-4-17-15(9-7-8-14(2)3)11-12-16-10-5-6-13-18-16/h14-17H,4-13H2,1-3H3. The third kappa shape index (κ3) is 7.38. The molecule has 1 saturated heterocycles. The van der Waals surface area contributed by atoms with Gasteiger partial charge in [-0.2, -0.15) is 0 Å². The van der Waals surface area contributed by atoms with E-state index in [4.69, 9.17) is 4.74 Å². The van der Waals surface area contributed by atoms with E-state index in [1.54, 1.807) is 0 Å². The monoisotopic (exact) mass is 255 g/mol. The summed E-state index contributed by atoms with van der Waals surface area (Å²) >= 11 is 0. The van der Waals surface area contributed by atoms with Gasteiger partial charge in [-0.05, 0) is 51.0 Å². The zero-order valence-corrected chi connectivity index (χ0v) is 12.7. The van der Waals surface area contributed by atoms with Crippen LogP contribution in [-0.2, 0) is 4.74 Å². The van der Waals surface area contributed by atoms with Crippen molar-refractivity contribution in [3.05, 3.63) is 0 Å². The molecule has 2 heteroatoms. The first-order valence-corrected chi connectivity index (χ1v) is 8.07. The Kier molecular flexibility index (Phi) is 8.70. The van der Waals surface area contributed by atoms with Crippen molar-refractivity contribution in [3.8, 4) is 0 Å². The van der Waals surface area contributed by atoms with E-state index in [2.05, 4.69) is 26.1 Å². The quantitative estimate of drug-likeness (QED) is 0.668. The van der Waals surface area contributed by atoms with Gasteiger partial charge >= 0.3 is 0 Å². The first-order valence-electron chi connectivity index (χ1n) is 8.07. The summed E-state index contributed by atoms with van der Waals surface area (Å²) in [6, 6.07) is 0.708. The highest BCUT2D eigenvalue weighted by molar-refractivity contribution is 4.71. The highest BCUT2D eigenvalue weighted by Gasteiger charge is 2.16. The highest BCUT2D eigenvalue weighted by atomic mass is 16.5. The Labute approximate surface area is 114 Å². The van der Waals surface area contributed by atoms with E-state index in [9.17, 15) is 0 Å². The minimum absolute atomic E-state index is 0.546. The molecule has 2 atom stereocenters. The van der Waals surface area contributed by atoms with E-state index in [1.165, 1.54) is 51.4 Å². The summed E-state index contributed by atoms with van der Waals surface area (Å²) in [7, 11) is 0. The predicted molar refractivity (Wildman–Crippen MR) is 79.0 cm³/mol. The van der Waals surface area contributed by atoms with Crippen LogP contribution in [0.25, 0.3) is 0 Å². The summed E-state index contributed by atoms with van der Waals surface area (Å²) < 4.78 is 5.82. The van der Waals surface area contributed by atoms with E-state index in [0.29, 0.717) is 12.1 Å². The maximum atomic E-state index is 5.82. The zero-order valence-electron chi connectivity index (χ0n) is 12.7. The number of ether oxygens (including phenoxy) is 1. The second-order valence-electron chi connectivity index (χ2n) is 6.15. The molecule has 0 aliphatic carbocycles. The molecular weight excluding hydrogens is 222 g/mol. The van der Waals surface area contributed by atoms with Gasteiger partial charge < -0.3 is 10.1 Å². The maximum absolute atomic E-state index is 5.82. The maximum Gasteiger partial charge on any atom is 0.0575 e. The molecule has 0 aromatic carbocycles. The fourth-order valence-electron chi connectivity index (χ4n) is 2.83. The minimum Gasteiger partial charge on any atom is -0.378 e. The average Bonchev–Trinajstić information content (AvgIpc) is 2.37. The van der Waals surface area contributed by atoms with Crippen LogP contribution in [0.3, 0.4) is 0 Å². The van der Waals surface area contributed by atoms with Gasteiger partial charge in [-0.3, -0.25) is 0 Å². The predicted octanol–water partition coefficient (Wildman–Crippen LogP) is 4.14. The van der Waals surface area contributed by atoms with Crippen LogP contribution >= 0.6 is 0 Å². The Morgan fingerprint density at radius 3 is 2.61 bits per heavy atom. The summed E-state index contributed by atoms with van der Waals surface area (Å²) in [5.41, 5.74) is 0. The molecule has 18 heavy (non-hydrogen) atoms. The van der Waals surface area contributed by atoms with Crippen molar-refractivity contribution in [2.45, 2.75) is 84.3 Å². The Morgan fingerprint density at radius 2 is 2.00 bits per heavy atom. The molecule has 0 amide bonds. The fourth-order valence-corrected chi connectivity index (χ4v) is 2.83. The van der Waals surface area contributed by atoms with Gasteiger partial charge in [-0.1, -0.05) is 33.6 Å². The minimum atomic E-state index is 0.546. The second kappa shape index (κ2) is 9.80. The number of nitrogens with one attached hydrogen (secondary N) is 1. The van der Waals surface area contributed by atoms with Crippen LogP contribution in [0.4, 0.5) is 0 Å². The summed E-state index contributed by atoms with van der Waals surface area (Å²) in [6.45, 7) is 8.94. The average molecular weight is 255 g/mol. The Balaban J connectivity index is 2.15. The van der Waals surface area contributed by atoms with Crippen LogP contribution in [0.2, 0.25) is 0 Å². The molecule has 1 fully saturated rings. The molecule has 0 aromatic heterocycles. The first-order chi connectivity index (χ1) is 8.72. The largest absolute Gasteiger partial charge is 0.378 e. The van der Waals surface area contributed by atoms with Crippen molar-refractivity contribution in [2.75, 3.05) is 13.2 Å². The summed E-state index contributed by atoms with van der Waals surface area (Å²) in [4.78, 5) is 0. The molecule has 2 nitrogen and oxygen atoms in total. The van der Waals surface area contributed by atoms with Gasteiger partial charge in [0.05, 0.1) is 6.10 Å². The first kappa shape index (κ1) is 16.0. The molecule has 1 aliphatic heterocycles. The van der Waals surface area contributed by atoms with Crippen LogP contribution < -0.4 is 5.32 Å². The van der Waals surface area contributed by atoms with E-state index >= 15 is 0 Å². The lowest BCUT2D eigenvalue weighted by molar-refractivity contribution is 0.00842. The van der Waals surface area contributed by atoms with Crippen LogP contribution in [0.15, 0.2) is 0 Å². The van der Waals surface area contributed by atoms with Gasteiger partial charge in [-0.25, -0.2) is 0 Å². The highest BCUT2D eigenvalue weighted by Crippen LogP contribution is 2.19. The van der Waals surface area contributed by atoms with Crippen molar-refractivity contribution in [1.82, 2.24) is 5.32 Å². The molecule has 0 spiro atoms. The topological polar surface area (TPSA) is 21.3 Å². The Hall–Kier alpha value is -0.0800. The lowest BCUT2D eigenvalue weighted by atomic mass is 9.97. The van der Waals surface area contributed by atoms with E-state index in [1.807, 2.05) is 0 Å². The van der Waals surface area contributed by atoms with Crippen LogP contribution in [0, 0.1) is 5.92 Å². The molecule has 0 aromatic rings. The molecule has 2 unspecified atom stereocenters. The number of hydrogen-bond acceptors (Lipinski definition) is 2. The smallest absolute Gasteiger partial charge is 0.0575 e. The molecule has 1 aliphatic rings. The van der Waals surface area contributed by atoms with Gasteiger partial charge in [0.1, 0.15) is 0 Å². The summed E-state index contributed by atoms with van der Waals surface area (Å²) in [5, 5.41) is 3.64. The SMILES string of the molecule is CCNC(CCCC(C)C)CCC1CCCCO1. The van der Waals surface area contributed by atoms with E-state index in [-0.39, 0.29) is 0 Å². The lowest BCUT2D eigenvalue weighted by Crippen LogP contribution is -2.31. The van der Waals surface area contributed by atoms with Crippen molar-refractivity contribution < 1.29 is 4.74 Å². The lowest BCUT2D eigenvalue weighted by Gasteiger charge is -2.25. The molecule has 1 N–H and O–H groups in total. The molecule has 0 bridgehead atoms. The second-order valence-corrected chi connectivity index (χ2v) is 6.15. The van der Waals surface area contributed by atoms with Crippen LogP contribution in [0.1, 0.15) is 72.1 Å². The fraction of sp³-hybridized carbons (Fsp3) is 1.00. The van der Waals surface area contributed by atoms with Gasteiger partial charge in [0.25, 0.3) is 0 Å². The van der Waals surface area contributed by atoms with Crippen molar-refractivity contribution in [2.24, 2.45) is 5.92 Å². The molecule has 1 heterocycles. The third-order valence-corrected chi connectivity index (χ3v) is 3.94. The molecule has 0 radical (unpaired) electrons. The van der Waals surface area contributed by atoms with Gasteiger partial charge in [-0.15, -0.1) is 0 Å². The van der Waals surface area contributed by atoms with Crippen LogP contribution in [-0.4, -0.2) is 25.3 Å². The Bertz CT molecular complexity index is 188. The normalized spacial score (nSPS) is 22.3. The van der Waals surface area contributed by atoms with Crippen LogP contribution in [0.5, 0.6) is 0 Å². The van der Waals surface area contributed by atoms with Gasteiger partial charge in [0.2, 0.25) is 0 Å². The molecule has 1 rings (SSSR count). The Morgan fingerprint density at radius 1 is 1.17 bits per heavy atom. The summed E-state index contributed by atoms with van der Waals surface area (Å²) in [6.07, 6.45) is 11.1. The van der Waals surface area contributed by atoms with E-state index < -0.39 is 0 Å². The number of hydrogen-bond donors (Lipinski definition) is 1. The molecule has 108 valence electrons. The third-order valence-electron chi connectivity index (χ3n) is 3.94. The molecular formula is C16H33NO. The van der Waals surface area contributed by atoms with E-state index in [0.717, 1.165) is 19.1 Å². The summed E-state index contributed by atoms with van der Waals surface area (Å²) in [5.74, 6) is 0.842.